The van der Waals surface area contributed by atoms with Crippen LogP contribution in [-0.2, 0) is 19.9 Å². The molecular weight excluding hydrogens is 350 g/mol. The molecule has 2 rings (SSSR count). The lowest BCUT2D eigenvalue weighted by Crippen LogP contribution is -2.33. The molecule has 114 valence electrons. The zero-order chi connectivity index (χ0) is 15.4. The summed E-state index contributed by atoms with van der Waals surface area (Å²) in [5, 5.41) is 8.69. The largest absolute Gasteiger partial charge is 0.314 e. The van der Waals surface area contributed by atoms with E-state index in [1.807, 2.05) is 20.0 Å². The summed E-state index contributed by atoms with van der Waals surface area (Å²) in [6.45, 7) is 5.09. The second kappa shape index (κ2) is 7.43. The van der Waals surface area contributed by atoms with Crippen molar-refractivity contribution in [2.75, 3.05) is 6.54 Å². The van der Waals surface area contributed by atoms with Crippen LogP contribution in [-0.4, -0.2) is 22.4 Å². The highest BCUT2D eigenvalue weighted by atomic mass is 79.9. The minimum absolute atomic E-state index is 0.352. The predicted molar refractivity (Wildman–Crippen MR) is 92.0 cm³/mol. The van der Waals surface area contributed by atoms with Crippen molar-refractivity contribution in [2.45, 2.75) is 32.7 Å². The van der Waals surface area contributed by atoms with Crippen LogP contribution in [0, 0.1) is 6.92 Å². The molecule has 21 heavy (non-hydrogen) atoms. The maximum Gasteiger partial charge on any atom is 0.130 e. The number of aryl methyl sites for hydroxylation is 2. The number of hydrogen-bond donors (Lipinski definition) is 1. The SMILES string of the molecule is CCNC(Cc1cccc(Br)c1)Cc1c(C)nn(C)c1Cl. The molecule has 0 amide bonds. The Morgan fingerprint density at radius 1 is 1.38 bits per heavy atom. The molecule has 1 N–H and O–H groups in total. The topological polar surface area (TPSA) is 29.9 Å². The van der Waals surface area contributed by atoms with Crippen molar-refractivity contribution >= 4 is 27.5 Å². The summed E-state index contributed by atoms with van der Waals surface area (Å²) in [7, 11) is 1.88. The average Bonchev–Trinajstić information content (AvgIpc) is 2.66. The molecule has 0 aliphatic rings. The second-order valence-electron chi connectivity index (χ2n) is 5.27. The van der Waals surface area contributed by atoms with Gasteiger partial charge in [-0.1, -0.05) is 46.6 Å². The smallest absolute Gasteiger partial charge is 0.130 e. The van der Waals surface area contributed by atoms with Gasteiger partial charge in [0.2, 0.25) is 0 Å². The molecule has 0 spiro atoms. The third-order valence-electron chi connectivity index (χ3n) is 3.58. The van der Waals surface area contributed by atoms with Crippen LogP contribution in [0.15, 0.2) is 28.7 Å². The van der Waals surface area contributed by atoms with E-state index in [-0.39, 0.29) is 0 Å². The molecule has 0 saturated carbocycles. The maximum absolute atomic E-state index is 6.35. The first-order valence-electron chi connectivity index (χ1n) is 7.17. The summed E-state index contributed by atoms with van der Waals surface area (Å²) < 4.78 is 2.86. The third kappa shape index (κ3) is 4.31. The number of nitrogens with zero attached hydrogens (tertiary/aromatic N) is 2. The van der Waals surface area contributed by atoms with Gasteiger partial charge >= 0.3 is 0 Å². The van der Waals surface area contributed by atoms with Gasteiger partial charge in [-0.15, -0.1) is 0 Å². The van der Waals surface area contributed by atoms with Crippen LogP contribution >= 0.6 is 27.5 Å². The fourth-order valence-electron chi connectivity index (χ4n) is 2.61. The highest BCUT2D eigenvalue weighted by molar-refractivity contribution is 9.10. The molecule has 1 aromatic heterocycles. The van der Waals surface area contributed by atoms with Crippen molar-refractivity contribution in [2.24, 2.45) is 7.05 Å². The van der Waals surface area contributed by atoms with Crippen molar-refractivity contribution in [3.8, 4) is 0 Å². The van der Waals surface area contributed by atoms with Crippen molar-refractivity contribution in [1.29, 1.82) is 0 Å². The van der Waals surface area contributed by atoms with E-state index in [4.69, 9.17) is 11.6 Å². The van der Waals surface area contributed by atoms with E-state index in [1.165, 1.54) is 5.56 Å². The molecule has 0 saturated heterocycles. The minimum Gasteiger partial charge on any atom is -0.314 e. The number of halogens is 2. The highest BCUT2D eigenvalue weighted by Gasteiger charge is 2.17. The van der Waals surface area contributed by atoms with E-state index in [0.29, 0.717) is 6.04 Å². The molecule has 2 aromatic rings. The van der Waals surface area contributed by atoms with Gasteiger partial charge in [0.15, 0.2) is 0 Å². The van der Waals surface area contributed by atoms with Crippen molar-refractivity contribution in [3.63, 3.8) is 0 Å². The normalized spacial score (nSPS) is 12.6. The molecule has 0 aliphatic heterocycles. The molecule has 1 aromatic carbocycles. The first kappa shape index (κ1) is 16.5. The standard InChI is InChI=1S/C16H21BrClN3/c1-4-19-14(9-12-6-5-7-13(17)8-12)10-15-11(2)20-21(3)16(15)18/h5-8,14,19H,4,9-10H2,1-3H3. The maximum atomic E-state index is 6.35. The Bertz CT molecular complexity index is 610. The van der Waals surface area contributed by atoms with E-state index >= 15 is 0 Å². The van der Waals surface area contributed by atoms with Gasteiger partial charge in [-0.05, 0) is 44.0 Å². The summed E-state index contributed by atoms with van der Waals surface area (Å²) >= 11 is 9.88. The van der Waals surface area contributed by atoms with Crippen molar-refractivity contribution < 1.29 is 0 Å². The van der Waals surface area contributed by atoms with Crippen LogP contribution in [0.4, 0.5) is 0 Å². The number of rotatable bonds is 6. The number of likely N-dealkylation sites (N-methyl/N-ethyl adjacent to an activating group) is 1. The molecule has 1 unspecified atom stereocenters. The molecular formula is C16H21BrClN3. The lowest BCUT2D eigenvalue weighted by atomic mass is 9.99. The van der Waals surface area contributed by atoms with Gasteiger partial charge in [-0.3, -0.25) is 4.68 Å². The van der Waals surface area contributed by atoms with Crippen LogP contribution in [0.3, 0.4) is 0 Å². The first-order valence-corrected chi connectivity index (χ1v) is 8.34. The van der Waals surface area contributed by atoms with Crippen LogP contribution in [0.5, 0.6) is 0 Å². The Balaban J connectivity index is 2.15. The zero-order valence-electron chi connectivity index (χ0n) is 12.7. The predicted octanol–water partition coefficient (Wildman–Crippen LogP) is 3.91. The summed E-state index contributed by atoms with van der Waals surface area (Å²) in [4.78, 5) is 0. The molecule has 0 fully saturated rings. The number of benzene rings is 1. The van der Waals surface area contributed by atoms with Gasteiger partial charge in [0.25, 0.3) is 0 Å². The Kier molecular flexibility index (Phi) is 5.85. The number of nitrogens with one attached hydrogen (secondary N) is 1. The molecule has 0 aliphatic carbocycles. The van der Waals surface area contributed by atoms with E-state index in [1.54, 1.807) is 4.68 Å². The summed E-state index contributed by atoms with van der Waals surface area (Å²) in [5.41, 5.74) is 3.47. The van der Waals surface area contributed by atoms with Crippen molar-refractivity contribution in [3.05, 3.63) is 50.7 Å². The van der Waals surface area contributed by atoms with Gasteiger partial charge in [-0.25, -0.2) is 0 Å². The van der Waals surface area contributed by atoms with E-state index in [9.17, 15) is 0 Å². The van der Waals surface area contributed by atoms with Gasteiger partial charge in [0, 0.05) is 23.1 Å². The molecule has 0 radical (unpaired) electrons. The van der Waals surface area contributed by atoms with Gasteiger partial charge in [0.1, 0.15) is 5.15 Å². The average molecular weight is 371 g/mol. The Labute approximate surface area is 139 Å². The molecule has 0 bridgehead atoms. The van der Waals surface area contributed by atoms with E-state index in [0.717, 1.165) is 40.3 Å². The molecule has 1 atom stereocenters. The van der Waals surface area contributed by atoms with E-state index < -0.39 is 0 Å². The number of hydrogen-bond acceptors (Lipinski definition) is 2. The monoisotopic (exact) mass is 369 g/mol. The Morgan fingerprint density at radius 2 is 2.14 bits per heavy atom. The number of aromatic nitrogens is 2. The molecule has 5 heteroatoms. The lowest BCUT2D eigenvalue weighted by Gasteiger charge is -2.18. The first-order chi connectivity index (χ1) is 10.0. The summed E-state index contributed by atoms with van der Waals surface area (Å²) in [6, 6.07) is 8.80. The van der Waals surface area contributed by atoms with Crippen molar-refractivity contribution in [1.82, 2.24) is 15.1 Å². The van der Waals surface area contributed by atoms with Gasteiger partial charge < -0.3 is 5.32 Å². The minimum atomic E-state index is 0.352. The zero-order valence-corrected chi connectivity index (χ0v) is 15.0. The van der Waals surface area contributed by atoms with Gasteiger partial charge in [0.05, 0.1) is 5.69 Å². The third-order valence-corrected chi connectivity index (χ3v) is 4.55. The van der Waals surface area contributed by atoms with Crippen LogP contribution in [0.1, 0.15) is 23.7 Å². The fraction of sp³-hybridized carbons (Fsp3) is 0.438. The fourth-order valence-corrected chi connectivity index (χ4v) is 3.30. The molecule has 3 nitrogen and oxygen atoms in total. The quantitative estimate of drug-likeness (QED) is 0.835. The van der Waals surface area contributed by atoms with Crippen LogP contribution < -0.4 is 5.32 Å². The highest BCUT2D eigenvalue weighted by Crippen LogP contribution is 2.22. The van der Waals surface area contributed by atoms with Crippen LogP contribution in [0.25, 0.3) is 0 Å². The molecule has 1 heterocycles. The Morgan fingerprint density at radius 3 is 2.71 bits per heavy atom. The summed E-state index contributed by atoms with van der Waals surface area (Å²) in [6.07, 6.45) is 1.86. The van der Waals surface area contributed by atoms with Crippen LogP contribution in [0.2, 0.25) is 5.15 Å². The Hall–Kier alpha value is -0.840. The second-order valence-corrected chi connectivity index (χ2v) is 6.54. The summed E-state index contributed by atoms with van der Waals surface area (Å²) in [5.74, 6) is 0. The van der Waals surface area contributed by atoms with E-state index in [2.05, 4.69) is 51.5 Å². The lowest BCUT2D eigenvalue weighted by molar-refractivity contribution is 0.520. The van der Waals surface area contributed by atoms with Gasteiger partial charge in [-0.2, -0.15) is 5.10 Å².